The van der Waals surface area contributed by atoms with Crippen molar-refractivity contribution in [1.82, 2.24) is 14.5 Å². The van der Waals surface area contributed by atoms with Crippen LogP contribution in [0.25, 0.3) is 0 Å². The van der Waals surface area contributed by atoms with Gasteiger partial charge in [0.15, 0.2) is 0 Å². The minimum atomic E-state index is -0.242. The van der Waals surface area contributed by atoms with E-state index in [4.69, 9.17) is 4.74 Å². The van der Waals surface area contributed by atoms with Gasteiger partial charge in [0.25, 0.3) is 5.91 Å². The number of imidazole rings is 1. The number of aromatic hydroxyl groups is 1. The molecule has 2 N–H and O–H groups in total. The number of rotatable bonds is 6. The monoisotopic (exact) mass is 475 g/mol. The molecule has 2 heterocycles. The number of nitrogens with zero attached hydrogens (tertiary/aromatic N) is 2. The third-order valence-corrected chi connectivity index (χ3v) is 7.90. The highest BCUT2D eigenvalue weighted by Crippen LogP contribution is 2.44. The van der Waals surface area contributed by atoms with Gasteiger partial charge in [0.2, 0.25) is 5.88 Å². The van der Waals surface area contributed by atoms with Crippen molar-refractivity contribution in [2.45, 2.75) is 62.9 Å². The first-order chi connectivity index (χ1) is 17.0. The molecular weight excluding hydrogens is 442 g/mol. The topological polar surface area (TPSA) is 85.5 Å². The van der Waals surface area contributed by atoms with Crippen molar-refractivity contribution in [2.24, 2.45) is 0 Å². The van der Waals surface area contributed by atoms with Gasteiger partial charge in [0, 0.05) is 24.5 Å². The van der Waals surface area contributed by atoms with Crippen molar-refractivity contribution in [3.63, 3.8) is 0 Å². The summed E-state index contributed by atoms with van der Waals surface area (Å²) in [5, 5.41) is 14.0. The smallest absolute Gasteiger partial charge is 0.331 e. The highest BCUT2D eigenvalue weighted by atomic mass is 16.5. The third-order valence-electron chi connectivity index (χ3n) is 7.90. The van der Waals surface area contributed by atoms with Crippen LogP contribution in [-0.2, 0) is 18.4 Å². The highest BCUT2D eigenvalue weighted by Gasteiger charge is 2.39. The van der Waals surface area contributed by atoms with E-state index in [1.54, 1.807) is 28.4 Å². The lowest BCUT2D eigenvalue weighted by atomic mass is 9.68. The lowest BCUT2D eigenvalue weighted by molar-refractivity contribution is 0.0929. The molecule has 184 valence electrons. The molecule has 1 amide bonds. The molecule has 0 atom stereocenters. The van der Waals surface area contributed by atoms with Crippen molar-refractivity contribution in [1.29, 1.82) is 0 Å². The minimum absolute atomic E-state index is 0.0395. The fourth-order valence-corrected chi connectivity index (χ4v) is 5.91. The molecule has 0 unspecified atom stereocenters. The van der Waals surface area contributed by atoms with E-state index in [0.717, 1.165) is 50.6 Å². The molecule has 7 nitrogen and oxygen atoms in total. The quantitative estimate of drug-likeness (QED) is 0.560. The summed E-state index contributed by atoms with van der Waals surface area (Å²) >= 11 is 0. The average Bonchev–Trinajstić information content (AvgIpc) is 3.17. The van der Waals surface area contributed by atoms with Crippen LogP contribution in [0.15, 0.2) is 59.4 Å². The van der Waals surface area contributed by atoms with Gasteiger partial charge in [0.05, 0.1) is 18.4 Å². The molecule has 1 aromatic heterocycles. The maximum absolute atomic E-state index is 13.1. The normalized spacial score (nSPS) is 21.8. The van der Waals surface area contributed by atoms with Crippen LogP contribution in [0.4, 0.5) is 0 Å². The summed E-state index contributed by atoms with van der Waals surface area (Å²) in [5.41, 5.74) is 2.16. The Morgan fingerprint density at radius 1 is 1.09 bits per heavy atom. The maximum atomic E-state index is 13.1. The van der Waals surface area contributed by atoms with Crippen LogP contribution in [0.5, 0.6) is 11.6 Å². The number of aromatic nitrogens is 2. The molecule has 7 heteroatoms. The SMILES string of the molecule is COc1ccccc1C(=O)NCC1(c2ccccc2)CCC(n2c(O)c3n(c2=O)CCCC3)CC1. The van der Waals surface area contributed by atoms with Crippen molar-refractivity contribution in [3.05, 3.63) is 81.9 Å². The van der Waals surface area contributed by atoms with E-state index in [0.29, 0.717) is 24.4 Å². The Hall–Kier alpha value is -3.48. The second kappa shape index (κ2) is 9.64. The van der Waals surface area contributed by atoms with Gasteiger partial charge >= 0.3 is 5.69 Å². The Morgan fingerprint density at radius 2 is 1.80 bits per heavy atom. The second-order valence-corrected chi connectivity index (χ2v) is 9.79. The first kappa shape index (κ1) is 23.3. The van der Waals surface area contributed by atoms with Crippen molar-refractivity contribution < 1.29 is 14.6 Å². The van der Waals surface area contributed by atoms with Crippen LogP contribution >= 0.6 is 0 Å². The molecular formula is C28H33N3O4. The zero-order chi connectivity index (χ0) is 24.4. The Morgan fingerprint density at radius 3 is 2.51 bits per heavy atom. The molecule has 0 radical (unpaired) electrons. The number of ether oxygens (including phenoxy) is 1. The zero-order valence-electron chi connectivity index (χ0n) is 20.2. The molecule has 1 aliphatic carbocycles. The molecule has 0 saturated heterocycles. The fourth-order valence-electron chi connectivity index (χ4n) is 5.91. The summed E-state index contributed by atoms with van der Waals surface area (Å²) in [6.45, 7) is 1.18. The predicted molar refractivity (Wildman–Crippen MR) is 134 cm³/mol. The van der Waals surface area contributed by atoms with Crippen LogP contribution in [0.1, 0.15) is 66.2 Å². The van der Waals surface area contributed by atoms with Gasteiger partial charge in [-0.3, -0.25) is 13.9 Å². The molecule has 1 saturated carbocycles. The number of para-hydroxylation sites is 1. The molecule has 1 fully saturated rings. The standard InChI is InChI=1S/C28H33N3O4/c1-35-24-13-6-5-11-22(24)25(32)29-19-28(20-9-3-2-4-10-20)16-14-21(15-17-28)31-26(33)23-12-7-8-18-30(23)27(31)34/h2-6,9-11,13,21,33H,7-8,12,14-19H2,1H3,(H,29,32). The largest absolute Gasteiger partial charge is 0.496 e. The number of hydrogen-bond acceptors (Lipinski definition) is 4. The van der Waals surface area contributed by atoms with Crippen LogP contribution in [0.3, 0.4) is 0 Å². The molecule has 5 rings (SSSR count). The average molecular weight is 476 g/mol. The van der Waals surface area contributed by atoms with E-state index in [9.17, 15) is 14.7 Å². The molecule has 0 bridgehead atoms. The van der Waals surface area contributed by atoms with Crippen LogP contribution < -0.4 is 15.7 Å². The van der Waals surface area contributed by atoms with Gasteiger partial charge in [0.1, 0.15) is 5.75 Å². The number of carbonyl (C=O) groups is 1. The minimum Gasteiger partial charge on any atom is -0.496 e. The first-order valence-electron chi connectivity index (χ1n) is 12.5. The number of nitrogens with one attached hydrogen (secondary N) is 1. The fraction of sp³-hybridized carbons (Fsp3) is 0.429. The van der Waals surface area contributed by atoms with Crippen molar-refractivity contribution in [3.8, 4) is 11.6 Å². The Kier molecular flexibility index (Phi) is 6.41. The first-order valence-corrected chi connectivity index (χ1v) is 12.5. The van der Waals surface area contributed by atoms with E-state index < -0.39 is 0 Å². The van der Waals surface area contributed by atoms with Crippen molar-refractivity contribution in [2.75, 3.05) is 13.7 Å². The van der Waals surface area contributed by atoms with E-state index in [-0.39, 0.29) is 28.9 Å². The van der Waals surface area contributed by atoms with Gasteiger partial charge in [-0.05, 0) is 62.6 Å². The molecule has 2 aromatic carbocycles. The number of amides is 1. The number of methoxy groups -OCH3 is 1. The summed E-state index contributed by atoms with van der Waals surface area (Å²) in [6, 6.07) is 17.5. The molecule has 2 aliphatic rings. The number of benzene rings is 2. The zero-order valence-corrected chi connectivity index (χ0v) is 20.2. The van der Waals surface area contributed by atoms with E-state index in [1.807, 2.05) is 30.3 Å². The van der Waals surface area contributed by atoms with Gasteiger partial charge in [-0.15, -0.1) is 0 Å². The van der Waals surface area contributed by atoms with E-state index >= 15 is 0 Å². The summed E-state index contributed by atoms with van der Waals surface area (Å²) in [5.74, 6) is 0.542. The summed E-state index contributed by atoms with van der Waals surface area (Å²) in [7, 11) is 1.57. The second-order valence-electron chi connectivity index (χ2n) is 9.79. The maximum Gasteiger partial charge on any atom is 0.331 e. The van der Waals surface area contributed by atoms with Crippen LogP contribution in [-0.4, -0.2) is 33.8 Å². The Balaban J connectivity index is 1.38. The van der Waals surface area contributed by atoms with E-state index in [1.165, 1.54) is 5.56 Å². The van der Waals surface area contributed by atoms with E-state index in [2.05, 4.69) is 17.4 Å². The molecule has 35 heavy (non-hydrogen) atoms. The van der Waals surface area contributed by atoms with Crippen LogP contribution in [0.2, 0.25) is 0 Å². The molecule has 3 aromatic rings. The lowest BCUT2D eigenvalue weighted by Crippen LogP contribution is -2.44. The molecule has 1 aliphatic heterocycles. The Labute approximate surface area is 205 Å². The Bertz CT molecular complexity index is 1250. The van der Waals surface area contributed by atoms with Gasteiger partial charge < -0.3 is 15.2 Å². The number of fused-ring (bicyclic) bond motifs is 1. The van der Waals surface area contributed by atoms with Gasteiger partial charge in [-0.2, -0.15) is 0 Å². The number of hydrogen-bond donors (Lipinski definition) is 2. The number of carbonyl (C=O) groups excluding carboxylic acids is 1. The van der Waals surface area contributed by atoms with Gasteiger partial charge in [-0.1, -0.05) is 42.5 Å². The van der Waals surface area contributed by atoms with Gasteiger partial charge in [-0.25, -0.2) is 4.79 Å². The summed E-state index contributed by atoms with van der Waals surface area (Å²) in [4.78, 5) is 26.2. The molecule has 0 spiro atoms. The van der Waals surface area contributed by atoms with Crippen molar-refractivity contribution >= 4 is 5.91 Å². The predicted octanol–water partition coefficient (Wildman–Crippen LogP) is 4.18. The highest BCUT2D eigenvalue weighted by molar-refractivity contribution is 5.96. The third kappa shape index (κ3) is 4.24. The van der Waals surface area contributed by atoms with Crippen LogP contribution in [0, 0.1) is 0 Å². The lowest BCUT2D eigenvalue weighted by Gasteiger charge is -2.41. The summed E-state index contributed by atoms with van der Waals surface area (Å²) in [6.07, 6.45) is 5.87. The summed E-state index contributed by atoms with van der Waals surface area (Å²) < 4.78 is 8.75.